The topological polar surface area (TPSA) is 46.3 Å². The van der Waals surface area contributed by atoms with Gasteiger partial charge in [0.25, 0.3) is 0 Å². The maximum Gasteiger partial charge on any atom is 0.227 e. The SMILES string of the molecule is Cc1cccc(CC(=O)N(C)C(C)CN)c1. The number of hydrogen-bond acceptors (Lipinski definition) is 2. The zero-order valence-corrected chi connectivity index (χ0v) is 10.2. The quantitative estimate of drug-likeness (QED) is 0.832. The van der Waals surface area contributed by atoms with E-state index in [4.69, 9.17) is 5.73 Å². The molecule has 1 atom stereocenters. The van der Waals surface area contributed by atoms with Crippen molar-refractivity contribution >= 4 is 5.91 Å². The number of likely N-dealkylation sites (N-methyl/N-ethyl adjacent to an activating group) is 1. The van der Waals surface area contributed by atoms with Crippen molar-refractivity contribution in [2.24, 2.45) is 5.73 Å². The maximum atomic E-state index is 11.9. The summed E-state index contributed by atoms with van der Waals surface area (Å²) in [5.74, 6) is 0.114. The largest absolute Gasteiger partial charge is 0.341 e. The minimum Gasteiger partial charge on any atom is -0.341 e. The number of amides is 1. The summed E-state index contributed by atoms with van der Waals surface area (Å²) in [7, 11) is 1.80. The maximum absolute atomic E-state index is 11.9. The zero-order chi connectivity index (χ0) is 12.1. The lowest BCUT2D eigenvalue weighted by atomic mass is 10.1. The Bertz CT molecular complexity index is 363. The molecule has 1 amide bonds. The van der Waals surface area contributed by atoms with Gasteiger partial charge in [0.1, 0.15) is 0 Å². The fourth-order valence-corrected chi connectivity index (χ4v) is 1.53. The minimum atomic E-state index is 0.0947. The molecular weight excluding hydrogens is 200 g/mol. The second kappa shape index (κ2) is 5.66. The van der Waals surface area contributed by atoms with Crippen LogP contribution >= 0.6 is 0 Å². The molecule has 0 radical (unpaired) electrons. The lowest BCUT2D eigenvalue weighted by Crippen LogP contribution is -2.40. The van der Waals surface area contributed by atoms with Gasteiger partial charge in [-0.05, 0) is 19.4 Å². The smallest absolute Gasteiger partial charge is 0.227 e. The Kier molecular flexibility index (Phi) is 4.50. The average molecular weight is 220 g/mol. The monoisotopic (exact) mass is 220 g/mol. The summed E-state index contributed by atoms with van der Waals surface area (Å²) in [6.45, 7) is 4.48. The fourth-order valence-electron chi connectivity index (χ4n) is 1.53. The normalized spacial score (nSPS) is 12.2. The Morgan fingerprint density at radius 3 is 2.75 bits per heavy atom. The van der Waals surface area contributed by atoms with E-state index in [0.717, 1.165) is 5.56 Å². The Balaban J connectivity index is 2.64. The van der Waals surface area contributed by atoms with E-state index in [1.54, 1.807) is 11.9 Å². The van der Waals surface area contributed by atoms with E-state index in [1.165, 1.54) is 5.56 Å². The van der Waals surface area contributed by atoms with E-state index in [1.807, 2.05) is 38.1 Å². The molecular formula is C13H20N2O. The number of nitrogens with zero attached hydrogens (tertiary/aromatic N) is 1. The van der Waals surface area contributed by atoms with Crippen molar-refractivity contribution < 1.29 is 4.79 Å². The first-order chi connectivity index (χ1) is 7.54. The summed E-state index contributed by atoms with van der Waals surface area (Å²) in [6, 6.07) is 8.12. The molecule has 2 N–H and O–H groups in total. The van der Waals surface area contributed by atoms with Gasteiger partial charge in [0.15, 0.2) is 0 Å². The van der Waals surface area contributed by atoms with Crippen LogP contribution in [0.3, 0.4) is 0 Å². The molecule has 1 unspecified atom stereocenters. The summed E-state index contributed by atoms with van der Waals surface area (Å²) in [6.07, 6.45) is 0.447. The summed E-state index contributed by atoms with van der Waals surface area (Å²) in [5.41, 5.74) is 7.77. The van der Waals surface area contributed by atoms with Crippen LogP contribution in [0.5, 0.6) is 0 Å². The highest BCUT2D eigenvalue weighted by Crippen LogP contribution is 2.07. The van der Waals surface area contributed by atoms with Crippen LogP contribution in [0.15, 0.2) is 24.3 Å². The van der Waals surface area contributed by atoms with E-state index < -0.39 is 0 Å². The summed E-state index contributed by atoms with van der Waals surface area (Å²) in [5, 5.41) is 0. The number of rotatable bonds is 4. The Morgan fingerprint density at radius 1 is 1.50 bits per heavy atom. The van der Waals surface area contributed by atoms with Crippen LogP contribution in [-0.2, 0) is 11.2 Å². The molecule has 1 rings (SSSR count). The number of carbonyl (C=O) groups excluding carboxylic acids is 1. The van der Waals surface area contributed by atoms with Crippen molar-refractivity contribution in [2.45, 2.75) is 26.3 Å². The molecule has 0 aromatic heterocycles. The van der Waals surface area contributed by atoms with Gasteiger partial charge in [-0.3, -0.25) is 4.79 Å². The van der Waals surface area contributed by atoms with E-state index in [9.17, 15) is 4.79 Å². The predicted molar refractivity (Wildman–Crippen MR) is 66.2 cm³/mol. The van der Waals surface area contributed by atoms with Crippen molar-refractivity contribution in [3.63, 3.8) is 0 Å². The second-order valence-corrected chi connectivity index (χ2v) is 4.26. The summed E-state index contributed by atoms with van der Waals surface area (Å²) >= 11 is 0. The Labute approximate surface area is 97.2 Å². The number of carbonyl (C=O) groups is 1. The van der Waals surface area contributed by atoms with E-state index in [2.05, 4.69) is 0 Å². The standard InChI is InChI=1S/C13H20N2O/c1-10-5-4-6-12(7-10)8-13(16)15(3)11(2)9-14/h4-7,11H,8-9,14H2,1-3H3. The highest BCUT2D eigenvalue weighted by Gasteiger charge is 2.14. The van der Waals surface area contributed by atoms with Gasteiger partial charge in [-0.1, -0.05) is 29.8 Å². The third-order valence-corrected chi connectivity index (χ3v) is 2.83. The lowest BCUT2D eigenvalue weighted by Gasteiger charge is -2.23. The van der Waals surface area contributed by atoms with Gasteiger partial charge in [0.05, 0.1) is 6.42 Å². The third-order valence-electron chi connectivity index (χ3n) is 2.83. The van der Waals surface area contributed by atoms with Gasteiger partial charge in [-0.25, -0.2) is 0 Å². The second-order valence-electron chi connectivity index (χ2n) is 4.26. The summed E-state index contributed by atoms with van der Waals surface area (Å²) in [4.78, 5) is 13.6. The van der Waals surface area contributed by atoms with Crippen LogP contribution in [0.2, 0.25) is 0 Å². The van der Waals surface area contributed by atoms with Gasteiger partial charge in [0, 0.05) is 19.6 Å². The lowest BCUT2D eigenvalue weighted by molar-refractivity contribution is -0.130. The van der Waals surface area contributed by atoms with Crippen LogP contribution in [0, 0.1) is 6.92 Å². The first-order valence-corrected chi connectivity index (χ1v) is 5.56. The number of aryl methyl sites for hydroxylation is 1. The molecule has 0 fully saturated rings. The van der Waals surface area contributed by atoms with Gasteiger partial charge < -0.3 is 10.6 Å². The van der Waals surface area contributed by atoms with Crippen LogP contribution in [0.25, 0.3) is 0 Å². The number of nitrogens with two attached hydrogens (primary N) is 1. The van der Waals surface area contributed by atoms with Gasteiger partial charge >= 0.3 is 0 Å². The van der Waals surface area contributed by atoms with Gasteiger partial charge in [-0.2, -0.15) is 0 Å². The van der Waals surface area contributed by atoms with Crippen molar-refractivity contribution in [1.82, 2.24) is 4.90 Å². The predicted octanol–water partition coefficient (Wildman–Crippen LogP) is 1.34. The fraction of sp³-hybridized carbons (Fsp3) is 0.462. The highest BCUT2D eigenvalue weighted by atomic mass is 16.2. The molecule has 16 heavy (non-hydrogen) atoms. The van der Waals surface area contributed by atoms with Gasteiger partial charge in [-0.15, -0.1) is 0 Å². The molecule has 0 spiro atoms. The molecule has 0 saturated carbocycles. The van der Waals surface area contributed by atoms with Gasteiger partial charge in [0.2, 0.25) is 5.91 Å². The molecule has 0 heterocycles. The minimum absolute atomic E-state index is 0.0947. The molecule has 0 saturated heterocycles. The van der Waals surface area contributed by atoms with E-state index in [0.29, 0.717) is 13.0 Å². The molecule has 0 aliphatic rings. The average Bonchev–Trinajstić information content (AvgIpc) is 2.27. The molecule has 3 heteroatoms. The highest BCUT2D eigenvalue weighted by molar-refractivity contribution is 5.78. The van der Waals surface area contributed by atoms with Crippen molar-refractivity contribution in [3.05, 3.63) is 35.4 Å². The molecule has 0 bridgehead atoms. The van der Waals surface area contributed by atoms with Crippen molar-refractivity contribution in [1.29, 1.82) is 0 Å². The summed E-state index contributed by atoms with van der Waals surface area (Å²) < 4.78 is 0. The van der Waals surface area contributed by atoms with E-state index >= 15 is 0 Å². The van der Waals surface area contributed by atoms with Crippen molar-refractivity contribution in [2.75, 3.05) is 13.6 Å². The van der Waals surface area contributed by atoms with Crippen LogP contribution in [-0.4, -0.2) is 30.4 Å². The first kappa shape index (κ1) is 12.7. The van der Waals surface area contributed by atoms with Crippen LogP contribution in [0.1, 0.15) is 18.1 Å². The first-order valence-electron chi connectivity index (χ1n) is 5.56. The number of hydrogen-bond donors (Lipinski definition) is 1. The van der Waals surface area contributed by atoms with Crippen LogP contribution in [0.4, 0.5) is 0 Å². The Hall–Kier alpha value is -1.35. The number of benzene rings is 1. The molecule has 1 aromatic rings. The molecule has 0 aliphatic carbocycles. The zero-order valence-electron chi connectivity index (χ0n) is 10.2. The molecule has 3 nitrogen and oxygen atoms in total. The molecule has 1 aromatic carbocycles. The van der Waals surface area contributed by atoms with Crippen molar-refractivity contribution in [3.8, 4) is 0 Å². The Morgan fingerprint density at radius 2 is 2.19 bits per heavy atom. The van der Waals surface area contributed by atoms with Crippen LogP contribution < -0.4 is 5.73 Å². The third kappa shape index (κ3) is 3.35. The van der Waals surface area contributed by atoms with E-state index in [-0.39, 0.29) is 11.9 Å². The molecule has 0 aliphatic heterocycles. The molecule has 88 valence electrons.